The van der Waals surface area contributed by atoms with E-state index in [2.05, 4.69) is 0 Å². The molecule has 0 saturated carbocycles. The average Bonchev–Trinajstić information content (AvgIpc) is 2.08. The van der Waals surface area contributed by atoms with E-state index < -0.39 is 0 Å². The van der Waals surface area contributed by atoms with Crippen molar-refractivity contribution >= 4 is 23.2 Å². The Morgan fingerprint density at radius 1 is 1.42 bits per heavy atom. The van der Waals surface area contributed by atoms with Crippen LogP contribution in [-0.2, 0) is 0 Å². The second-order valence-electron chi connectivity index (χ2n) is 2.40. The Morgan fingerprint density at radius 3 is 2.67 bits per heavy atom. The highest BCUT2D eigenvalue weighted by molar-refractivity contribution is 6.42. The lowest BCUT2D eigenvalue weighted by molar-refractivity contribution is 0.319. The van der Waals surface area contributed by atoms with Gasteiger partial charge < -0.3 is 5.11 Å². The van der Waals surface area contributed by atoms with Crippen LogP contribution in [0, 0.1) is 6.10 Å². The summed E-state index contributed by atoms with van der Waals surface area (Å²) in [4.78, 5) is 0. The summed E-state index contributed by atoms with van der Waals surface area (Å²) in [6, 6.07) is 5.19. The van der Waals surface area contributed by atoms with Crippen molar-refractivity contribution in [3.8, 4) is 0 Å². The number of aliphatic hydroxyl groups is 1. The second-order valence-corrected chi connectivity index (χ2v) is 3.19. The predicted octanol–water partition coefficient (Wildman–Crippen LogP) is 3.66. The molecule has 0 fully saturated rings. The van der Waals surface area contributed by atoms with E-state index in [4.69, 9.17) is 23.2 Å². The first kappa shape index (κ1) is 9.85. The molecule has 65 valence electrons. The topological polar surface area (TPSA) is 20.2 Å². The molecule has 0 saturated heterocycles. The molecule has 0 aliphatic heterocycles. The lowest BCUT2D eigenvalue weighted by Gasteiger charge is -2.09. The van der Waals surface area contributed by atoms with Crippen LogP contribution in [0.2, 0.25) is 10.0 Å². The van der Waals surface area contributed by atoms with E-state index in [0.717, 1.165) is 0 Å². The zero-order chi connectivity index (χ0) is 9.14. The molecular weight excluding hydrogens is 195 g/mol. The van der Waals surface area contributed by atoms with Crippen molar-refractivity contribution in [3.05, 3.63) is 39.9 Å². The zero-order valence-electron chi connectivity index (χ0n) is 6.64. The predicted molar refractivity (Wildman–Crippen MR) is 51.0 cm³/mol. The van der Waals surface area contributed by atoms with E-state index in [9.17, 15) is 5.11 Å². The summed E-state index contributed by atoms with van der Waals surface area (Å²) in [7, 11) is 0. The fourth-order valence-corrected chi connectivity index (χ4v) is 1.33. The third-order valence-corrected chi connectivity index (χ3v) is 2.42. The van der Waals surface area contributed by atoms with Gasteiger partial charge in [0.2, 0.25) is 0 Å². The van der Waals surface area contributed by atoms with Crippen LogP contribution in [0.4, 0.5) is 0 Å². The smallest absolute Gasteiger partial charge is 0.124 e. The second kappa shape index (κ2) is 4.13. The van der Waals surface area contributed by atoms with Crippen molar-refractivity contribution < 1.29 is 5.11 Å². The van der Waals surface area contributed by atoms with E-state index in [-0.39, 0.29) is 6.10 Å². The van der Waals surface area contributed by atoms with Crippen LogP contribution in [-0.4, -0.2) is 5.11 Å². The average molecular weight is 204 g/mol. The first-order chi connectivity index (χ1) is 5.66. The largest absolute Gasteiger partial charge is 0.382 e. The normalized spacial score (nSPS) is 10.8. The third-order valence-electron chi connectivity index (χ3n) is 1.60. The summed E-state index contributed by atoms with van der Waals surface area (Å²) in [5.74, 6) is 0. The molecule has 1 radical (unpaired) electrons. The molecule has 0 bridgehead atoms. The highest BCUT2D eigenvalue weighted by Crippen LogP contribution is 2.30. The van der Waals surface area contributed by atoms with Crippen LogP contribution >= 0.6 is 23.2 Å². The first-order valence-electron chi connectivity index (χ1n) is 3.66. The minimum Gasteiger partial charge on any atom is -0.382 e. The first-order valence-corrected chi connectivity index (χ1v) is 4.41. The molecule has 0 aromatic heterocycles. The monoisotopic (exact) mass is 203 g/mol. The minimum absolute atomic E-state index is 0.266. The molecule has 12 heavy (non-hydrogen) atoms. The summed E-state index contributed by atoms with van der Waals surface area (Å²) in [5, 5.41) is 10.3. The Hall–Kier alpha value is -0.240. The number of halogens is 2. The molecule has 1 nitrogen and oxygen atoms in total. The van der Waals surface area contributed by atoms with Crippen LogP contribution in [0.15, 0.2) is 18.2 Å². The van der Waals surface area contributed by atoms with E-state index in [1.54, 1.807) is 18.2 Å². The van der Waals surface area contributed by atoms with E-state index in [1.807, 2.05) is 6.92 Å². The SMILES string of the molecule is CC[C](O)c1cccc(Cl)c1Cl. The van der Waals surface area contributed by atoms with Crippen molar-refractivity contribution in [1.29, 1.82) is 0 Å². The van der Waals surface area contributed by atoms with Gasteiger partial charge in [0.1, 0.15) is 6.10 Å². The highest BCUT2D eigenvalue weighted by Gasteiger charge is 2.11. The molecule has 0 atom stereocenters. The van der Waals surface area contributed by atoms with Gasteiger partial charge >= 0.3 is 0 Å². The lowest BCUT2D eigenvalue weighted by Crippen LogP contribution is -1.96. The van der Waals surface area contributed by atoms with Crippen LogP contribution in [0.25, 0.3) is 0 Å². The highest BCUT2D eigenvalue weighted by atomic mass is 35.5. The minimum atomic E-state index is 0.266. The van der Waals surface area contributed by atoms with Crippen molar-refractivity contribution in [2.75, 3.05) is 0 Å². The van der Waals surface area contributed by atoms with Gasteiger partial charge in [-0.1, -0.05) is 42.3 Å². The van der Waals surface area contributed by atoms with Gasteiger partial charge in [-0.25, -0.2) is 0 Å². The number of aliphatic hydroxyl groups excluding tert-OH is 1. The number of rotatable bonds is 2. The van der Waals surface area contributed by atoms with Crippen LogP contribution in [0.1, 0.15) is 18.9 Å². The quantitative estimate of drug-likeness (QED) is 0.779. The molecule has 3 heteroatoms. The van der Waals surface area contributed by atoms with Gasteiger partial charge in [0.15, 0.2) is 0 Å². The zero-order valence-corrected chi connectivity index (χ0v) is 8.15. The lowest BCUT2D eigenvalue weighted by atomic mass is 10.1. The summed E-state index contributed by atoms with van der Waals surface area (Å²) in [6.07, 6.45) is 0.822. The Morgan fingerprint density at radius 2 is 2.08 bits per heavy atom. The van der Waals surface area contributed by atoms with E-state index in [0.29, 0.717) is 22.0 Å². The molecule has 1 aromatic rings. The van der Waals surface area contributed by atoms with Crippen LogP contribution in [0.5, 0.6) is 0 Å². The summed E-state index contributed by atoms with van der Waals surface area (Å²) < 4.78 is 0. The van der Waals surface area contributed by atoms with Gasteiger partial charge in [0, 0.05) is 5.56 Å². The molecule has 0 spiro atoms. The van der Waals surface area contributed by atoms with Gasteiger partial charge in [0.25, 0.3) is 0 Å². The molecule has 0 aliphatic rings. The van der Waals surface area contributed by atoms with Gasteiger partial charge in [-0.3, -0.25) is 0 Å². The molecule has 0 amide bonds. The Bertz CT molecular complexity index is 273. The summed E-state index contributed by atoms with van der Waals surface area (Å²) in [6.45, 7) is 1.85. The summed E-state index contributed by atoms with van der Waals surface area (Å²) >= 11 is 11.6. The summed E-state index contributed by atoms with van der Waals surface area (Å²) in [5.41, 5.74) is 0.617. The van der Waals surface area contributed by atoms with Crippen molar-refractivity contribution in [2.45, 2.75) is 13.3 Å². The molecular formula is C9H9Cl2O. The Balaban J connectivity index is 3.07. The maximum Gasteiger partial charge on any atom is 0.124 e. The van der Waals surface area contributed by atoms with E-state index >= 15 is 0 Å². The molecule has 0 unspecified atom stereocenters. The van der Waals surface area contributed by atoms with Gasteiger partial charge in [-0.05, 0) is 12.5 Å². The van der Waals surface area contributed by atoms with Gasteiger partial charge in [0.05, 0.1) is 10.0 Å². The van der Waals surface area contributed by atoms with Crippen LogP contribution in [0.3, 0.4) is 0 Å². The number of benzene rings is 1. The number of hydrogen-bond acceptors (Lipinski definition) is 1. The molecule has 1 N–H and O–H groups in total. The fraction of sp³-hybridized carbons (Fsp3) is 0.222. The number of hydrogen-bond donors (Lipinski definition) is 1. The Kier molecular flexibility index (Phi) is 3.39. The van der Waals surface area contributed by atoms with Crippen molar-refractivity contribution in [1.82, 2.24) is 0 Å². The maximum absolute atomic E-state index is 9.41. The van der Waals surface area contributed by atoms with Gasteiger partial charge in [-0.2, -0.15) is 0 Å². The molecule has 0 aliphatic carbocycles. The molecule has 1 rings (SSSR count). The van der Waals surface area contributed by atoms with E-state index in [1.165, 1.54) is 0 Å². The third kappa shape index (κ3) is 1.92. The molecule has 0 heterocycles. The fourth-order valence-electron chi connectivity index (χ4n) is 0.917. The Labute approximate surface area is 81.9 Å². The van der Waals surface area contributed by atoms with Gasteiger partial charge in [-0.15, -0.1) is 0 Å². The molecule has 1 aromatic carbocycles. The maximum atomic E-state index is 9.41. The standard InChI is InChI=1S/C9H9Cl2O/c1-2-8(12)6-4-3-5-7(10)9(6)11/h3-5,12H,2H2,1H3. The van der Waals surface area contributed by atoms with Crippen LogP contribution < -0.4 is 0 Å². The van der Waals surface area contributed by atoms with Crippen molar-refractivity contribution in [2.24, 2.45) is 0 Å². The van der Waals surface area contributed by atoms with Crippen molar-refractivity contribution in [3.63, 3.8) is 0 Å².